The predicted octanol–water partition coefficient (Wildman–Crippen LogP) is 2.16. The first-order valence-electron chi connectivity index (χ1n) is 7.65. The number of fused-ring (bicyclic) bond motifs is 1. The van der Waals surface area contributed by atoms with Gasteiger partial charge in [-0.25, -0.2) is 4.79 Å². The lowest BCUT2D eigenvalue weighted by Crippen LogP contribution is -2.30. The molecule has 0 saturated carbocycles. The topological polar surface area (TPSA) is 73.9 Å². The minimum absolute atomic E-state index is 0.295. The Kier molecular flexibility index (Phi) is 6.57. The molecule has 0 unspecified atom stereocenters. The molecule has 24 heavy (non-hydrogen) atoms. The maximum Gasteiger partial charge on any atom is 0.342 e. The van der Waals surface area contributed by atoms with Crippen molar-refractivity contribution in [1.82, 2.24) is 5.32 Å². The summed E-state index contributed by atoms with van der Waals surface area (Å²) in [5.41, 5.74) is 0.295. The number of hydrogen-bond donors (Lipinski definition) is 1. The zero-order valence-corrected chi connectivity index (χ0v) is 13.8. The van der Waals surface area contributed by atoms with E-state index in [0.717, 1.165) is 10.8 Å². The number of ether oxygens (including phenoxy) is 3. The van der Waals surface area contributed by atoms with E-state index in [9.17, 15) is 9.59 Å². The fourth-order valence-electron chi connectivity index (χ4n) is 2.25. The maximum atomic E-state index is 12.2. The van der Waals surface area contributed by atoms with Gasteiger partial charge in [-0.1, -0.05) is 24.3 Å². The lowest BCUT2D eigenvalue weighted by atomic mass is 10.1. The molecule has 1 N–H and O–H groups in total. The van der Waals surface area contributed by atoms with Gasteiger partial charge in [-0.3, -0.25) is 4.79 Å². The van der Waals surface area contributed by atoms with Crippen LogP contribution in [-0.4, -0.2) is 45.9 Å². The molecule has 6 heteroatoms. The minimum Gasteiger partial charge on any atom is -0.496 e. The standard InChI is InChI=1S/C18H21NO5/c1-22-9-5-8-19-17(20)12-24-18(21)15-10-13-6-3-4-7-14(13)11-16(15)23-2/h3-4,6-7,10-11H,5,8-9,12H2,1-2H3,(H,19,20). The van der Waals surface area contributed by atoms with Crippen LogP contribution in [0.3, 0.4) is 0 Å². The summed E-state index contributed by atoms with van der Waals surface area (Å²) < 4.78 is 15.2. The molecule has 2 aromatic carbocycles. The summed E-state index contributed by atoms with van der Waals surface area (Å²) in [7, 11) is 3.09. The Hall–Kier alpha value is -2.60. The van der Waals surface area contributed by atoms with Crippen LogP contribution in [0, 0.1) is 0 Å². The van der Waals surface area contributed by atoms with Gasteiger partial charge in [0.15, 0.2) is 6.61 Å². The third-order valence-corrected chi connectivity index (χ3v) is 3.47. The molecule has 6 nitrogen and oxygen atoms in total. The van der Waals surface area contributed by atoms with Crippen molar-refractivity contribution in [3.63, 3.8) is 0 Å². The SMILES string of the molecule is COCCCNC(=O)COC(=O)c1cc2ccccc2cc1OC. The molecule has 0 aliphatic rings. The molecule has 2 aromatic rings. The highest BCUT2D eigenvalue weighted by molar-refractivity contribution is 5.99. The molecule has 0 saturated heterocycles. The normalized spacial score (nSPS) is 10.4. The van der Waals surface area contributed by atoms with Gasteiger partial charge in [0.25, 0.3) is 5.91 Å². The number of carbonyl (C=O) groups excluding carboxylic acids is 2. The molecule has 0 fully saturated rings. The summed E-state index contributed by atoms with van der Waals surface area (Å²) in [6.45, 7) is 0.708. The van der Waals surface area contributed by atoms with E-state index < -0.39 is 5.97 Å². The summed E-state index contributed by atoms with van der Waals surface area (Å²) >= 11 is 0. The second kappa shape index (κ2) is 8.88. The molecule has 0 aromatic heterocycles. The van der Waals surface area contributed by atoms with Crippen LogP contribution in [-0.2, 0) is 14.3 Å². The zero-order valence-electron chi connectivity index (χ0n) is 13.8. The van der Waals surface area contributed by atoms with E-state index in [1.165, 1.54) is 7.11 Å². The molecule has 0 bridgehead atoms. The summed E-state index contributed by atoms with van der Waals surface area (Å²) in [5, 5.41) is 4.51. The second-order valence-corrected chi connectivity index (χ2v) is 5.17. The van der Waals surface area contributed by atoms with Crippen LogP contribution in [0.25, 0.3) is 10.8 Å². The average Bonchev–Trinajstić information content (AvgIpc) is 2.62. The van der Waals surface area contributed by atoms with E-state index in [2.05, 4.69) is 5.32 Å². The monoisotopic (exact) mass is 331 g/mol. The van der Waals surface area contributed by atoms with Gasteiger partial charge in [-0.05, 0) is 29.3 Å². The number of rotatable bonds is 8. The Balaban J connectivity index is 1.99. The first-order valence-corrected chi connectivity index (χ1v) is 7.65. The van der Waals surface area contributed by atoms with Crippen LogP contribution in [0.5, 0.6) is 5.75 Å². The van der Waals surface area contributed by atoms with Crippen molar-refractivity contribution in [3.05, 3.63) is 42.0 Å². The van der Waals surface area contributed by atoms with Crippen molar-refractivity contribution in [1.29, 1.82) is 0 Å². The number of methoxy groups -OCH3 is 2. The van der Waals surface area contributed by atoms with Gasteiger partial charge in [-0.15, -0.1) is 0 Å². The third kappa shape index (κ3) is 4.70. The van der Waals surface area contributed by atoms with Gasteiger partial charge < -0.3 is 19.5 Å². The molecule has 1 amide bonds. The molecule has 128 valence electrons. The molecule has 0 radical (unpaired) electrons. The molecule has 0 heterocycles. The van der Waals surface area contributed by atoms with Crippen molar-refractivity contribution in [2.45, 2.75) is 6.42 Å². The lowest BCUT2D eigenvalue weighted by molar-refractivity contribution is -0.124. The van der Waals surface area contributed by atoms with Gasteiger partial charge >= 0.3 is 5.97 Å². The summed E-state index contributed by atoms with van der Waals surface area (Å²) in [6, 6.07) is 11.1. The lowest BCUT2D eigenvalue weighted by Gasteiger charge is -2.10. The molecular weight excluding hydrogens is 310 g/mol. The highest BCUT2D eigenvalue weighted by Gasteiger charge is 2.16. The van der Waals surface area contributed by atoms with E-state index in [-0.39, 0.29) is 12.5 Å². The minimum atomic E-state index is -0.593. The Morgan fingerprint density at radius 1 is 1.08 bits per heavy atom. The second-order valence-electron chi connectivity index (χ2n) is 5.17. The maximum absolute atomic E-state index is 12.2. The number of carbonyl (C=O) groups is 2. The number of nitrogens with one attached hydrogen (secondary N) is 1. The molecule has 0 spiro atoms. The largest absolute Gasteiger partial charge is 0.496 e. The number of amides is 1. The van der Waals surface area contributed by atoms with E-state index in [1.807, 2.05) is 24.3 Å². The van der Waals surface area contributed by atoms with Crippen LogP contribution in [0.15, 0.2) is 36.4 Å². The van der Waals surface area contributed by atoms with Crippen LogP contribution >= 0.6 is 0 Å². The van der Waals surface area contributed by atoms with Gasteiger partial charge in [-0.2, -0.15) is 0 Å². The van der Waals surface area contributed by atoms with Crippen molar-refractivity contribution in [2.24, 2.45) is 0 Å². The summed E-state index contributed by atoms with van der Waals surface area (Å²) in [6.07, 6.45) is 0.703. The van der Waals surface area contributed by atoms with Gasteiger partial charge in [0.2, 0.25) is 0 Å². The van der Waals surface area contributed by atoms with E-state index >= 15 is 0 Å². The fraction of sp³-hybridized carbons (Fsp3) is 0.333. The Labute approximate surface area is 140 Å². The van der Waals surface area contributed by atoms with Crippen LogP contribution in [0.1, 0.15) is 16.8 Å². The molecular formula is C18H21NO5. The molecule has 2 rings (SSSR count). The van der Waals surface area contributed by atoms with E-state index in [0.29, 0.717) is 30.9 Å². The van der Waals surface area contributed by atoms with Gasteiger partial charge in [0.05, 0.1) is 7.11 Å². The highest BCUT2D eigenvalue weighted by Crippen LogP contribution is 2.26. The number of hydrogen-bond acceptors (Lipinski definition) is 5. The predicted molar refractivity (Wildman–Crippen MR) is 90.3 cm³/mol. The van der Waals surface area contributed by atoms with E-state index in [4.69, 9.17) is 14.2 Å². The smallest absolute Gasteiger partial charge is 0.342 e. The van der Waals surface area contributed by atoms with Crippen molar-refractivity contribution < 1.29 is 23.8 Å². The first-order chi connectivity index (χ1) is 11.7. The Morgan fingerprint density at radius 3 is 2.46 bits per heavy atom. The quantitative estimate of drug-likeness (QED) is 0.593. The number of benzene rings is 2. The third-order valence-electron chi connectivity index (χ3n) is 3.47. The van der Waals surface area contributed by atoms with Gasteiger partial charge in [0.1, 0.15) is 11.3 Å². The van der Waals surface area contributed by atoms with Crippen molar-refractivity contribution in [2.75, 3.05) is 34.0 Å². The van der Waals surface area contributed by atoms with Crippen molar-refractivity contribution >= 4 is 22.6 Å². The van der Waals surface area contributed by atoms with Gasteiger partial charge in [0, 0.05) is 20.3 Å². The Bertz CT molecular complexity index is 714. The zero-order chi connectivity index (χ0) is 17.4. The summed E-state index contributed by atoms with van der Waals surface area (Å²) in [5.74, 6) is -0.525. The Morgan fingerprint density at radius 2 is 1.79 bits per heavy atom. The number of esters is 1. The van der Waals surface area contributed by atoms with E-state index in [1.54, 1.807) is 19.2 Å². The fourth-order valence-corrected chi connectivity index (χ4v) is 2.25. The molecule has 0 atom stereocenters. The van der Waals surface area contributed by atoms with Crippen LogP contribution < -0.4 is 10.1 Å². The molecule has 0 aliphatic carbocycles. The average molecular weight is 331 g/mol. The van der Waals surface area contributed by atoms with Crippen LogP contribution in [0.4, 0.5) is 0 Å². The first kappa shape index (κ1) is 17.7. The highest BCUT2D eigenvalue weighted by atomic mass is 16.5. The van der Waals surface area contributed by atoms with Crippen LogP contribution in [0.2, 0.25) is 0 Å². The molecule has 0 aliphatic heterocycles. The van der Waals surface area contributed by atoms with Crippen molar-refractivity contribution in [3.8, 4) is 5.75 Å². The summed E-state index contributed by atoms with van der Waals surface area (Å²) in [4.78, 5) is 23.9.